The van der Waals surface area contributed by atoms with Gasteiger partial charge in [0.2, 0.25) is 5.91 Å². The first kappa shape index (κ1) is 20.3. The molecule has 0 radical (unpaired) electrons. The van der Waals surface area contributed by atoms with E-state index in [0.717, 1.165) is 28.2 Å². The molecule has 30 heavy (non-hydrogen) atoms. The number of carbonyl (C=O) groups is 2. The second-order valence-electron chi connectivity index (χ2n) is 7.85. The molecule has 6 nitrogen and oxygen atoms in total. The van der Waals surface area contributed by atoms with Crippen molar-refractivity contribution in [1.82, 2.24) is 14.8 Å². The van der Waals surface area contributed by atoms with Crippen LogP contribution in [0.1, 0.15) is 24.4 Å². The van der Waals surface area contributed by atoms with Gasteiger partial charge in [0.1, 0.15) is 0 Å². The molecule has 1 aliphatic rings. The maximum absolute atomic E-state index is 12.6. The molecular formula is C23H26N4O2S. The highest BCUT2D eigenvalue weighted by Crippen LogP contribution is 2.24. The molecule has 0 saturated carbocycles. The number of fused-ring (bicyclic) bond motifs is 1. The third kappa shape index (κ3) is 4.62. The number of aromatic nitrogens is 1. The molecule has 1 N–H and O–H groups in total. The number of hydrogen-bond donors (Lipinski definition) is 1. The summed E-state index contributed by atoms with van der Waals surface area (Å²) in [5.74, 6) is 0.144. The SMILES string of the molecule is CC(C)C(=O)N1CCN(C(=O)Nc2ccc(Cc3nc4ccccc4s3)cc2)CC1. The van der Waals surface area contributed by atoms with Gasteiger partial charge in [-0.15, -0.1) is 11.3 Å². The minimum Gasteiger partial charge on any atom is -0.339 e. The molecule has 2 heterocycles. The largest absolute Gasteiger partial charge is 0.339 e. The van der Waals surface area contributed by atoms with Gasteiger partial charge in [0.25, 0.3) is 0 Å². The highest BCUT2D eigenvalue weighted by atomic mass is 32.1. The first-order valence-corrected chi connectivity index (χ1v) is 11.1. The Labute approximate surface area is 180 Å². The number of rotatable bonds is 4. The highest BCUT2D eigenvalue weighted by Gasteiger charge is 2.25. The fraction of sp³-hybridized carbons (Fsp3) is 0.348. The molecule has 0 aliphatic carbocycles. The third-order valence-corrected chi connectivity index (χ3v) is 6.31. The lowest BCUT2D eigenvalue weighted by molar-refractivity contribution is -0.135. The third-order valence-electron chi connectivity index (χ3n) is 5.27. The highest BCUT2D eigenvalue weighted by molar-refractivity contribution is 7.18. The van der Waals surface area contributed by atoms with Crippen LogP contribution in [0.15, 0.2) is 48.5 Å². The molecule has 156 valence electrons. The lowest BCUT2D eigenvalue weighted by Gasteiger charge is -2.35. The zero-order chi connectivity index (χ0) is 21.1. The molecular weight excluding hydrogens is 396 g/mol. The standard InChI is InChI=1S/C23H26N4O2S/c1-16(2)22(28)26-11-13-27(14-12-26)23(29)24-18-9-7-17(8-10-18)15-21-25-19-5-3-4-6-20(19)30-21/h3-10,16H,11-15H2,1-2H3,(H,24,29). The molecule has 3 amide bonds. The Hall–Kier alpha value is -2.93. The summed E-state index contributed by atoms with van der Waals surface area (Å²) in [7, 11) is 0. The van der Waals surface area contributed by atoms with Gasteiger partial charge >= 0.3 is 6.03 Å². The van der Waals surface area contributed by atoms with Crippen molar-refractivity contribution in [1.29, 1.82) is 0 Å². The monoisotopic (exact) mass is 422 g/mol. The van der Waals surface area contributed by atoms with Crippen LogP contribution in [0, 0.1) is 5.92 Å². The first-order valence-electron chi connectivity index (χ1n) is 10.3. The van der Waals surface area contributed by atoms with Crippen molar-refractivity contribution < 1.29 is 9.59 Å². The Morgan fingerprint density at radius 2 is 1.67 bits per heavy atom. The summed E-state index contributed by atoms with van der Waals surface area (Å²) in [5, 5.41) is 4.05. The second-order valence-corrected chi connectivity index (χ2v) is 8.96. The second kappa shape index (κ2) is 8.83. The molecule has 1 fully saturated rings. The normalized spacial score (nSPS) is 14.4. The number of carbonyl (C=O) groups excluding carboxylic acids is 2. The van der Waals surface area contributed by atoms with E-state index in [2.05, 4.69) is 16.4 Å². The minimum absolute atomic E-state index is 0.00773. The molecule has 0 spiro atoms. The van der Waals surface area contributed by atoms with Crippen molar-refractivity contribution in [3.63, 3.8) is 0 Å². The lowest BCUT2D eigenvalue weighted by Crippen LogP contribution is -2.52. The Bertz CT molecular complexity index is 1000. The smallest absolute Gasteiger partial charge is 0.321 e. The Kier molecular flexibility index (Phi) is 5.99. The zero-order valence-electron chi connectivity index (χ0n) is 17.3. The van der Waals surface area contributed by atoms with E-state index in [9.17, 15) is 9.59 Å². The maximum Gasteiger partial charge on any atom is 0.321 e. The van der Waals surface area contributed by atoms with E-state index in [-0.39, 0.29) is 17.9 Å². The number of anilines is 1. The number of amides is 3. The van der Waals surface area contributed by atoms with Crippen LogP contribution in [0.25, 0.3) is 10.2 Å². The number of nitrogens with zero attached hydrogens (tertiary/aromatic N) is 3. The molecule has 1 saturated heterocycles. The van der Waals surface area contributed by atoms with Gasteiger partial charge < -0.3 is 15.1 Å². The topological polar surface area (TPSA) is 65.5 Å². The molecule has 0 bridgehead atoms. The predicted octanol–water partition coefficient (Wildman–Crippen LogP) is 4.22. The Morgan fingerprint density at radius 3 is 2.33 bits per heavy atom. The van der Waals surface area contributed by atoms with Crippen LogP contribution in [-0.4, -0.2) is 52.9 Å². The van der Waals surface area contributed by atoms with Crippen LogP contribution in [0.3, 0.4) is 0 Å². The Balaban J connectivity index is 1.31. The summed E-state index contributed by atoms with van der Waals surface area (Å²) in [5.41, 5.74) is 2.97. The summed E-state index contributed by atoms with van der Waals surface area (Å²) in [6, 6.07) is 16.0. The number of urea groups is 1. The summed E-state index contributed by atoms with van der Waals surface area (Å²) >= 11 is 1.71. The van der Waals surface area contributed by atoms with Crippen LogP contribution in [-0.2, 0) is 11.2 Å². The van der Waals surface area contributed by atoms with Crippen LogP contribution < -0.4 is 5.32 Å². The molecule has 4 rings (SSSR count). The van der Waals surface area contributed by atoms with Gasteiger partial charge in [-0.3, -0.25) is 4.79 Å². The summed E-state index contributed by atoms with van der Waals surface area (Å²) < 4.78 is 1.20. The van der Waals surface area contributed by atoms with Gasteiger partial charge in [-0.05, 0) is 29.8 Å². The van der Waals surface area contributed by atoms with Crippen LogP contribution in [0.4, 0.5) is 10.5 Å². The number of para-hydroxylation sites is 1. The average Bonchev–Trinajstić information content (AvgIpc) is 3.17. The van der Waals surface area contributed by atoms with Crippen molar-refractivity contribution in [2.24, 2.45) is 5.92 Å². The van der Waals surface area contributed by atoms with Crippen molar-refractivity contribution in [3.05, 3.63) is 59.1 Å². The summed E-state index contributed by atoms with van der Waals surface area (Å²) in [6.07, 6.45) is 0.777. The van der Waals surface area contributed by atoms with Gasteiger partial charge in [-0.1, -0.05) is 38.1 Å². The molecule has 2 aromatic carbocycles. The molecule has 1 aliphatic heterocycles. The van der Waals surface area contributed by atoms with Gasteiger partial charge in [-0.2, -0.15) is 0 Å². The molecule has 3 aromatic rings. The number of hydrogen-bond acceptors (Lipinski definition) is 4. The van der Waals surface area contributed by atoms with E-state index >= 15 is 0 Å². The molecule has 0 unspecified atom stereocenters. The van der Waals surface area contributed by atoms with Crippen molar-refractivity contribution in [3.8, 4) is 0 Å². The minimum atomic E-state index is -0.120. The lowest BCUT2D eigenvalue weighted by atomic mass is 10.1. The van der Waals surface area contributed by atoms with Crippen LogP contribution in [0.5, 0.6) is 0 Å². The predicted molar refractivity (Wildman–Crippen MR) is 121 cm³/mol. The fourth-order valence-corrected chi connectivity index (χ4v) is 4.58. The number of piperazine rings is 1. The zero-order valence-corrected chi connectivity index (χ0v) is 18.1. The van der Waals surface area contributed by atoms with Gasteiger partial charge in [0.15, 0.2) is 0 Å². The Morgan fingerprint density at radius 1 is 1.00 bits per heavy atom. The molecule has 0 atom stereocenters. The van der Waals surface area contributed by atoms with E-state index in [1.165, 1.54) is 4.70 Å². The van der Waals surface area contributed by atoms with Gasteiger partial charge in [0, 0.05) is 44.2 Å². The van der Waals surface area contributed by atoms with Gasteiger partial charge in [-0.25, -0.2) is 9.78 Å². The van der Waals surface area contributed by atoms with E-state index in [1.54, 1.807) is 16.2 Å². The van der Waals surface area contributed by atoms with Crippen molar-refractivity contribution in [2.75, 3.05) is 31.5 Å². The molecule has 1 aromatic heterocycles. The van der Waals surface area contributed by atoms with Gasteiger partial charge in [0.05, 0.1) is 15.2 Å². The summed E-state index contributed by atoms with van der Waals surface area (Å²) in [6.45, 7) is 6.10. The van der Waals surface area contributed by atoms with Crippen molar-refractivity contribution >= 4 is 39.2 Å². The van der Waals surface area contributed by atoms with E-state index in [1.807, 2.05) is 61.2 Å². The average molecular weight is 423 g/mol. The maximum atomic E-state index is 12.6. The quantitative estimate of drug-likeness (QED) is 0.685. The van der Waals surface area contributed by atoms with E-state index < -0.39 is 0 Å². The fourth-order valence-electron chi connectivity index (χ4n) is 3.57. The number of benzene rings is 2. The number of thiazole rings is 1. The summed E-state index contributed by atoms with van der Waals surface area (Å²) in [4.78, 5) is 32.9. The van der Waals surface area contributed by atoms with Crippen LogP contribution in [0.2, 0.25) is 0 Å². The van der Waals surface area contributed by atoms with Crippen LogP contribution >= 0.6 is 11.3 Å². The van der Waals surface area contributed by atoms with E-state index in [0.29, 0.717) is 26.2 Å². The van der Waals surface area contributed by atoms with E-state index in [4.69, 9.17) is 0 Å². The molecule has 7 heteroatoms. The first-order chi connectivity index (χ1) is 14.5. The van der Waals surface area contributed by atoms with Crippen molar-refractivity contribution in [2.45, 2.75) is 20.3 Å². The number of nitrogens with one attached hydrogen (secondary N) is 1.